The standard InChI is InChI=1S/C35H34N2O10S/c1-3-44-29(40)19-27-26(20-45-22(2)38)31(35(42)47-32(23-13-7-4-8-14-23)24-15-9-5-10-16-24)37-33(41)30(34(37)48(27)43)36-28(39)21-46-25-17-11-6-12-18-25/h4-18,27,30,32,34H,3,19-21H2,1-2H3,(H,36,39)/t27?,30-,34-,48?/m1/s1. The molecule has 250 valence electrons. The molecule has 3 aromatic rings. The molecule has 2 heterocycles. The molecule has 1 fully saturated rings. The zero-order chi connectivity index (χ0) is 34.2. The third kappa shape index (κ3) is 7.63. The van der Waals surface area contributed by atoms with Gasteiger partial charge in [-0.25, -0.2) is 4.79 Å². The molecule has 2 unspecified atom stereocenters. The molecule has 4 atom stereocenters. The molecule has 0 aromatic heterocycles. The number of nitrogens with zero attached hydrogens (tertiary/aromatic N) is 1. The fourth-order valence-electron chi connectivity index (χ4n) is 5.46. The molecule has 12 nitrogen and oxygen atoms in total. The lowest BCUT2D eigenvalue weighted by Gasteiger charge is -2.51. The summed E-state index contributed by atoms with van der Waals surface area (Å²) < 4.78 is 36.1. The fraction of sp³-hybridized carbons (Fsp3) is 0.286. The molecular formula is C35H34N2O10S. The van der Waals surface area contributed by atoms with Gasteiger partial charge in [0.2, 0.25) is 0 Å². The maximum atomic E-state index is 14.3. The number of rotatable bonds is 13. The van der Waals surface area contributed by atoms with Crippen LogP contribution in [0.3, 0.4) is 0 Å². The van der Waals surface area contributed by atoms with Gasteiger partial charge in [-0.2, -0.15) is 0 Å². The number of β-lactam (4-membered cyclic amide) rings is 1. The minimum atomic E-state index is -2.07. The van der Waals surface area contributed by atoms with Gasteiger partial charge < -0.3 is 24.3 Å². The first-order valence-electron chi connectivity index (χ1n) is 15.2. The van der Waals surface area contributed by atoms with Crippen LogP contribution in [0.1, 0.15) is 37.5 Å². The first kappa shape index (κ1) is 34.0. The van der Waals surface area contributed by atoms with Crippen LogP contribution in [0.15, 0.2) is 102 Å². The van der Waals surface area contributed by atoms with Crippen LogP contribution in [-0.4, -0.2) is 75.3 Å². The largest absolute Gasteiger partial charge is 0.484 e. The van der Waals surface area contributed by atoms with Gasteiger partial charge in [-0.15, -0.1) is 0 Å². The van der Waals surface area contributed by atoms with Crippen molar-refractivity contribution in [2.24, 2.45) is 0 Å². The monoisotopic (exact) mass is 674 g/mol. The predicted octanol–water partition coefficient (Wildman–Crippen LogP) is 2.95. The van der Waals surface area contributed by atoms with Gasteiger partial charge in [-0.1, -0.05) is 78.9 Å². The number of benzene rings is 3. The minimum Gasteiger partial charge on any atom is -0.484 e. The van der Waals surface area contributed by atoms with Crippen molar-refractivity contribution >= 4 is 40.5 Å². The molecule has 13 heteroatoms. The number of para-hydroxylation sites is 1. The van der Waals surface area contributed by atoms with Crippen LogP contribution in [0.4, 0.5) is 0 Å². The molecule has 2 aliphatic heterocycles. The van der Waals surface area contributed by atoms with E-state index < -0.39 is 82.9 Å². The molecule has 2 aliphatic rings. The second-order valence-corrected chi connectivity index (χ2v) is 12.5. The van der Waals surface area contributed by atoms with Crippen molar-refractivity contribution in [3.63, 3.8) is 0 Å². The summed E-state index contributed by atoms with van der Waals surface area (Å²) >= 11 is 0. The van der Waals surface area contributed by atoms with Gasteiger partial charge in [0, 0.05) is 12.5 Å². The number of amides is 2. The molecular weight excluding hydrogens is 640 g/mol. The van der Waals surface area contributed by atoms with E-state index in [0.717, 1.165) is 11.8 Å². The Labute approximate surface area is 279 Å². The molecule has 0 spiro atoms. The van der Waals surface area contributed by atoms with Crippen LogP contribution in [0.2, 0.25) is 0 Å². The SMILES string of the molecule is CCOC(=O)CC1C(COC(C)=O)=C(C(=O)OC(c2ccccc2)c2ccccc2)N2C(=O)[C@@H](NC(=O)COc3ccccc3)[C@H]2S1=O. The van der Waals surface area contributed by atoms with Crippen molar-refractivity contribution in [3.8, 4) is 5.75 Å². The Kier molecular flexibility index (Phi) is 11.0. The van der Waals surface area contributed by atoms with Crippen molar-refractivity contribution in [2.45, 2.75) is 43.0 Å². The number of hydrogen-bond donors (Lipinski definition) is 1. The average Bonchev–Trinajstić information content (AvgIpc) is 3.09. The van der Waals surface area contributed by atoms with Crippen LogP contribution < -0.4 is 10.1 Å². The predicted molar refractivity (Wildman–Crippen MR) is 172 cm³/mol. The van der Waals surface area contributed by atoms with Crippen LogP contribution in [0.5, 0.6) is 5.75 Å². The molecule has 2 amide bonds. The number of ether oxygens (including phenoxy) is 4. The number of hydrogen-bond acceptors (Lipinski definition) is 10. The van der Waals surface area contributed by atoms with Gasteiger partial charge in [0.1, 0.15) is 29.5 Å². The van der Waals surface area contributed by atoms with Gasteiger partial charge in [0.25, 0.3) is 11.8 Å². The van der Waals surface area contributed by atoms with Crippen LogP contribution >= 0.6 is 0 Å². The van der Waals surface area contributed by atoms with E-state index in [1.807, 2.05) is 12.1 Å². The lowest BCUT2D eigenvalue weighted by atomic mass is 9.98. The fourth-order valence-corrected chi connectivity index (χ4v) is 7.43. The lowest BCUT2D eigenvalue weighted by Crippen LogP contribution is -2.75. The smallest absolute Gasteiger partial charge is 0.356 e. The highest BCUT2D eigenvalue weighted by Crippen LogP contribution is 2.41. The Morgan fingerprint density at radius 2 is 1.46 bits per heavy atom. The molecule has 5 rings (SSSR count). The Hall–Kier alpha value is -5.30. The second-order valence-electron chi connectivity index (χ2n) is 10.8. The number of carbonyl (C=O) groups excluding carboxylic acids is 5. The molecule has 0 bridgehead atoms. The minimum absolute atomic E-state index is 0.0387. The van der Waals surface area contributed by atoms with E-state index in [2.05, 4.69) is 5.32 Å². The van der Waals surface area contributed by atoms with Crippen molar-refractivity contribution in [2.75, 3.05) is 19.8 Å². The maximum Gasteiger partial charge on any atom is 0.356 e. The quantitative estimate of drug-likeness (QED) is 0.163. The van der Waals surface area contributed by atoms with Crippen LogP contribution in [0, 0.1) is 0 Å². The lowest BCUT2D eigenvalue weighted by molar-refractivity contribution is -0.155. The van der Waals surface area contributed by atoms with E-state index in [1.165, 1.54) is 0 Å². The van der Waals surface area contributed by atoms with Gasteiger partial charge >= 0.3 is 17.9 Å². The van der Waals surface area contributed by atoms with E-state index in [9.17, 15) is 28.2 Å². The summed E-state index contributed by atoms with van der Waals surface area (Å²) in [6.07, 6.45) is -1.37. The van der Waals surface area contributed by atoms with Crippen LogP contribution in [-0.2, 0) is 49.0 Å². The molecule has 0 aliphatic carbocycles. The maximum absolute atomic E-state index is 14.3. The summed E-state index contributed by atoms with van der Waals surface area (Å²) in [5, 5.41) is 0.0996. The number of fused-ring (bicyclic) bond motifs is 1. The summed E-state index contributed by atoms with van der Waals surface area (Å²) in [7, 11) is -2.07. The Morgan fingerprint density at radius 3 is 2.02 bits per heavy atom. The normalized spacial score (nSPS) is 19.9. The van der Waals surface area contributed by atoms with Crippen LogP contribution in [0.25, 0.3) is 0 Å². The summed E-state index contributed by atoms with van der Waals surface area (Å²) in [5.74, 6) is -3.37. The van der Waals surface area contributed by atoms with Crippen molar-refractivity contribution in [1.29, 1.82) is 0 Å². The van der Waals surface area contributed by atoms with Crippen molar-refractivity contribution < 1.29 is 47.1 Å². The highest BCUT2D eigenvalue weighted by molar-refractivity contribution is 7.86. The van der Waals surface area contributed by atoms with Gasteiger partial charge in [-0.3, -0.25) is 28.3 Å². The summed E-state index contributed by atoms with van der Waals surface area (Å²) in [4.78, 5) is 66.5. The molecule has 3 aromatic carbocycles. The first-order valence-corrected chi connectivity index (χ1v) is 16.5. The van der Waals surface area contributed by atoms with E-state index in [0.29, 0.717) is 16.9 Å². The Balaban J connectivity index is 1.51. The first-order chi connectivity index (χ1) is 23.2. The Bertz CT molecular complexity index is 1680. The van der Waals surface area contributed by atoms with Gasteiger partial charge in [-0.05, 0) is 30.2 Å². The molecule has 48 heavy (non-hydrogen) atoms. The zero-order valence-electron chi connectivity index (χ0n) is 26.2. The van der Waals surface area contributed by atoms with Gasteiger partial charge in [0.05, 0.1) is 29.1 Å². The highest BCUT2D eigenvalue weighted by atomic mass is 32.2. The Morgan fingerprint density at radius 1 is 0.875 bits per heavy atom. The summed E-state index contributed by atoms with van der Waals surface area (Å²) in [6.45, 7) is 1.82. The van der Waals surface area contributed by atoms with Crippen molar-refractivity contribution in [3.05, 3.63) is 113 Å². The number of esters is 3. The van der Waals surface area contributed by atoms with E-state index >= 15 is 0 Å². The summed E-state index contributed by atoms with van der Waals surface area (Å²) in [5.41, 5.74) is 0.916. The van der Waals surface area contributed by atoms with E-state index in [1.54, 1.807) is 85.8 Å². The van der Waals surface area contributed by atoms with Gasteiger partial charge in [0.15, 0.2) is 12.7 Å². The number of nitrogens with one attached hydrogen (secondary N) is 1. The van der Waals surface area contributed by atoms with E-state index in [-0.39, 0.29) is 17.9 Å². The zero-order valence-corrected chi connectivity index (χ0v) is 27.1. The number of carbonyl (C=O) groups is 5. The highest BCUT2D eigenvalue weighted by Gasteiger charge is 2.60. The second kappa shape index (κ2) is 15.5. The molecule has 0 saturated carbocycles. The average molecular weight is 675 g/mol. The molecule has 1 saturated heterocycles. The summed E-state index contributed by atoms with van der Waals surface area (Å²) in [6, 6.07) is 25.1. The molecule has 0 radical (unpaired) electrons. The topological polar surface area (TPSA) is 155 Å². The molecule has 1 N–H and O–H groups in total. The van der Waals surface area contributed by atoms with E-state index in [4.69, 9.17) is 18.9 Å². The van der Waals surface area contributed by atoms with Crippen molar-refractivity contribution in [1.82, 2.24) is 10.2 Å². The third-order valence-electron chi connectivity index (χ3n) is 7.64. The third-order valence-corrected chi connectivity index (χ3v) is 9.61.